The highest BCUT2D eigenvalue weighted by Crippen LogP contribution is 2.31. The van der Waals surface area contributed by atoms with Gasteiger partial charge in [-0.25, -0.2) is 22.0 Å². The Kier molecular flexibility index (Phi) is 13.0. The Morgan fingerprint density at radius 3 is 1.22 bits per heavy atom. The first-order valence-electron chi connectivity index (χ1n) is 17.7. The first-order valence-corrected chi connectivity index (χ1v) is 17.7. The Hall–Kier alpha value is -5.03. The van der Waals surface area contributed by atoms with Crippen molar-refractivity contribution in [2.75, 3.05) is 0 Å². The number of hydrogen-bond acceptors (Lipinski definition) is 0. The van der Waals surface area contributed by atoms with E-state index in [0.29, 0.717) is 11.1 Å². The molecule has 0 heterocycles. The molecule has 262 valence electrons. The highest BCUT2D eigenvalue weighted by Gasteiger charge is 2.15. The van der Waals surface area contributed by atoms with Crippen LogP contribution in [0.15, 0.2) is 121 Å². The van der Waals surface area contributed by atoms with Crippen LogP contribution < -0.4 is 0 Å². The van der Waals surface area contributed by atoms with Crippen molar-refractivity contribution >= 4 is 0 Å². The first-order chi connectivity index (χ1) is 24.7. The number of halogens is 5. The summed E-state index contributed by atoms with van der Waals surface area (Å²) in [5, 5.41) is 0. The minimum absolute atomic E-state index is 0.0177. The number of aryl methyl sites for hydroxylation is 3. The van der Waals surface area contributed by atoms with Crippen LogP contribution in [0.25, 0.3) is 44.5 Å². The van der Waals surface area contributed by atoms with Gasteiger partial charge in [0.05, 0.1) is 0 Å². The standard InChI is InChI=1S/C25H27F.C21H16F4/c1-3-5-6-7-20-10-12-21(13-11-20)23-16-17-24(25(26)18-23)22-14-8-19(4-2)9-15-22;1-2-3-13-4-6-14(7-5-13)15-8-9-17(18(22)10-15)16-11-19(23)21(25)20(24)12-16/h8-18H,3-7H2,1-2H3;4-12H,2-3H2,1H3. The molecule has 0 amide bonds. The van der Waals surface area contributed by atoms with Crippen LogP contribution in [0.4, 0.5) is 22.0 Å². The van der Waals surface area contributed by atoms with E-state index in [1.54, 1.807) is 12.1 Å². The maximum Gasteiger partial charge on any atom is 0.194 e. The fourth-order valence-electron chi connectivity index (χ4n) is 6.08. The molecular weight excluding hydrogens is 647 g/mol. The van der Waals surface area contributed by atoms with Gasteiger partial charge in [0.1, 0.15) is 11.6 Å². The van der Waals surface area contributed by atoms with Crippen molar-refractivity contribution in [3.63, 3.8) is 0 Å². The topological polar surface area (TPSA) is 0 Å². The zero-order valence-corrected chi connectivity index (χ0v) is 29.4. The van der Waals surface area contributed by atoms with Gasteiger partial charge in [-0.1, -0.05) is 137 Å². The molecule has 0 spiro atoms. The maximum atomic E-state index is 14.7. The molecule has 51 heavy (non-hydrogen) atoms. The lowest BCUT2D eigenvalue weighted by molar-refractivity contribution is 0.447. The van der Waals surface area contributed by atoms with E-state index < -0.39 is 23.3 Å². The molecule has 0 aliphatic carbocycles. The van der Waals surface area contributed by atoms with Gasteiger partial charge in [0.2, 0.25) is 0 Å². The van der Waals surface area contributed by atoms with Crippen molar-refractivity contribution in [2.45, 2.75) is 65.7 Å². The average Bonchev–Trinajstić information content (AvgIpc) is 3.15. The van der Waals surface area contributed by atoms with E-state index in [-0.39, 0.29) is 16.9 Å². The monoisotopic (exact) mass is 690 g/mol. The third-order valence-electron chi connectivity index (χ3n) is 9.09. The highest BCUT2D eigenvalue weighted by molar-refractivity contribution is 5.72. The lowest BCUT2D eigenvalue weighted by Crippen LogP contribution is -1.94. The highest BCUT2D eigenvalue weighted by atomic mass is 19.2. The van der Waals surface area contributed by atoms with Gasteiger partial charge in [0.15, 0.2) is 17.5 Å². The van der Waals surface area contributed by atoms with Gasteiger partial charge in [-0.3, -0.25) is 0 Å². The van der Waals surface area contributed by atoms with Gasteiger partial charge >= 0.3 is 0 Å². The molecule has 0 aliphatic rings. The summed E-state index contributed by atoms with van der Waals surface area (Å²) in [5.41, 5.74) is 8.90. The molecule has 0 aliphatic heterocycles. The van der Waals surface area contributed by atoms with Crippen molar-refractivity contribution in [2.24, 2.45) is 0 Å². The fraction of sp³-hybridized carbons (Fsp3) is 0.217. The van der Waals surface area contributed by atoms with Crippen LogP contribution in [0.2, 0.25) is 0 Å². The van der Waals surface area contributed by atoms with Crippen LogP contribution in [-0.2, 0) is 19.3 Å². The lowest BCUT2D eigenvalue weighted by atomic mass is 9.97. The van der Waals surface area contributed by atoms with Gasteiger partial charge in [0, 0.05) is 11.1 Å². The Morgan fingerprint density at radius 1 is 0.353 bits per heavy atom. The van der Waals surface area contributed by atoms with Crippen molar-refractivity contribution in [1.29, 1.82) is 0 Å². The third-order valence-corrected chi connectivity index (χ3v) is 9.09. The van der Waals surface area contributed by atoms with E-state index in [1.165, 1.54) is 48.1 Å². The summed E-state index contributed by atoms with van der Waals surface area (Å²) >= 11 is 0. The molecule has 0 atom stereocenters. The van der Waals surface area contributed by atoms with Crippen molar-refractivity contribution < 1.29 is 22.0 Å². The van der Waals surface area contributed by atoms with E-state index in [4.69, 9.17) is 0 Å². The number of benzene rings is 6. The molecule has 0 saturated carbocycles. The Balaban J connectivity index is 0.000000198. The Labute approximate surface area is 298 Å². The molecule has 0 bridgehead atoms. The van der Waals surface area contributed by atoms with E-state index in [9.17, 15) is 22.0 Å². The molecule has 5 heteroatoms. The largest absolute Gasteiger partial charge is 0.206 e. The quantitative estimate of drug-likeness (QED) is 0.0721. The lowest BCUT2D eigenvalue weighted by Gasteiger charge is -2.09. The van der Waals surface area contributed by atoms with Gasteiger partial charge < -0.3 is 0 Å². The normalized spacial score (nSPS) is 10.9. The SMILES string of the molecule is CCCCCc1ccc(-c2ccc(-c3ccc(CC)cc3)c(F)c2)cc1.CCCc1ccc(-c2ccc(-c3cc(F)c(F)c(F)c3)c(F)c2)cc1. The van der Waals surface area contributed by atoms with Crippen molar-refractivity contribution in [3.05, 3.63) is 167 Å². The van der Waals surface area contributed by atoms with Gasteiger partial charge in [0.25, 0.3) is 0 Å². The van der Waals surface area contributed by atoms with Crippen LogP contribution in [0.3, 0.4) is 0 Å². The van der Waals surface area contributed by atoms with Crippen molar-refractivity contribution in [3.8, 4) is 44.5 Å². The van der Waals surface area contributed by atoms with Crippen LogP contribution in [0.5, 0.6) is 0 Å². The van der Waals surface area contributed by atoms with Crippen LogP contribution in [-0.4, -0.2) is 0 Å². The van der Waals surface area contributed by atoms with E-state index >= 15 is 0 Å². The van der Waals surface area contributed by atoms with Crippen molar-refractivity contribution in [1.82, 2.24) is 0 Å². The zero-order valence-electron chi connectivity index (χ0n) is 29.4. The minimum atomic E-state index is -1.56. The molecule has 0 radical (unpaired) electrons. The second kappa shape index (κ2) is 17.8. The van der Waals surface area contributed by atoms with Gasteiger partial charge in [-0.15, -0.1) is 0 Å². The summed E-state index contributed by atoms with van der Waals surface area (Å²) < 4.78 is 68.9. The van der Waals surface area contributed by atoms with E-state index in [2.05, 4.69) is 57.2 Å². The Bertz CT molecular complexity index is 2000. The number of hydrogen-bond donors (Lipinski definition) is 0. The summed E-state index contributed by atoms with van der Waals surface area (Å²) in [4.78, 5) is 0. The van der Waals surface area contributed by atoms with Gasteiger partial charge in [-0.2, -0.15) is 0 Å². The summed E-state index contributed by atoms with van der Waals surface area (Å²) in [6.07, 6.45) is 7.89. The average molecular weight is 691 g/mol. The molecule has 0 aromatic heterocycles. The predicted octanol–water partition coefficient (Wildman–Crippen LogP) is 14.0. The Morgan fingerprint density at radius 2 is 0.765 bits per heavy atom. The first kappa shape index (κ1) is 37.2. The molecule has 6 aromatic carbocycles. The summed E-state index contributed by atoms with van der Waals surface area (Å²) in [5.74, 6) is -5.04. The summed E-state index contributed by atoms with van der Waals surface area (Å²) in [7, 11) is 0. The third kappa shape index (κ3) is 9.61. The smallest absolute Gasteiger partial charge is 0.194 e. The summed E-state index contributed by atoms with van der Waals surface area (Å²) in [6, 6.07) is 36.0. The molecule has 0 saturated heterocycles. The minimum Gasteiger partial charge on any atom is -0.206 e. The molecule has 0 N–H and O–H groups in total. The zero-order chi connectivity index (χ0) is 36.3. The second-order valence-corrected chi connectivity index (χ2v) is 12.8. The molecular formula is C46H43F5. The second-order valence-electron chi connectivity index (χ2n) is 12.8. The number of unbranched alkanes of at least 4 members (excludes halogenated alkanes) is 2. The van der Waals surface area contributed by atoms with Gasteiger partial charge in [-0.05, 0) is 100 Å². The molecule has 0 unspecified atom stereocenters. The van der Waals surface area contributed by atoms with E-state index in [0.717, 1.165) is 60.1 Å². The molecule has 6 aromatic rings. The van der Waals surface area contributed by atoms with Crippen LogP contribution in [0, 0.1) is 29.1 Å². The predicted molar refractivity (Wildman–Crippen MR) is 201 cm³/mol. The fourth-order valence-corrected chi connectivity index (χ4v) is 6.08. The van der Waals surface area contributed by atoms with Crippen LogP contribution in [0.1, 0.15) is 63.1 Å². The van der Waals surface area contributed by atoms with Crippen LogP contribution >= 0.6 is 0 Å². The molecule has 6 rings (SSSR count). The van der Waals surface area contributed by atoms with E-state index in [1.807, 2.05) is 48.5 Å². The molecule has 0 nitrogen and oxygen atoms in total. The number of rotatable bonds is 11. The molecule has 0 fully saturated rings. The summed E-state index contributed by atoms with van der Waals surface area (Å²) in [6.45, 7) is 6.45. The maximum absolute atomic E-state index is 14.7.